The maximum absolute atomic E-state index is 13.0. The summed E-state index contributed by atoms with van der Waals surface area (Å²) in [5.41, 5.74) is 5.68. The fourth-order valence-electron chi connectivity index (χ4n) is 3.31. The number of carbonyl (C=O) groups is 1. The molecule has 1 saturated carbocycles. The van der Waals surface area contributed by atoms with Crippen LogP contribution in [0.15, 0.2) is 0 Å². The highest BCUT2D eigenvalue weighted by molar-refractivity contribution is 5.83. The first kappa shape index (κ1) is 14.8. The highest BCUT2D eigenvalue weighted by atomic mass is 16.5. The van der Waals surface area contributed by atoms with Gasteiger partial charge in [0.05, 0.1) is 24.2 Å². The number of hydrogen-bond donors (Lipinski definition) is 1. The van der Waals surface area contributed by atoms with Crippen LogP contribution >= 0.6 is 0 Å². The number of carbonyl (C=O) groups excluding carboxylic acids is 1. The molecule has 2 atom stereocenters. The van der Waals surface area contributed by atoms with Gasteiger partial charge in [-0.1, -0.05) is 6.92 Å². The zero-order chi connectivity index (χ0) is 14.0. The number of hydrogen-bond acceptors (Lipinski definition) is 3. The van der Waals surface area contributed by atoms with Crippen LogP contribution in [0.1, 0.15) is 46.5 Å². The smallest absolute Gasteiger partial charge is 0.230 e. The van der Waals surface area contributed by atoms with Gasteiger partial charge in [0.15, 0.2) is 0 Å². The summed E-state index contributed by atoms with van der Waals surface area (Å²) >= 11 is 0. The van der Waals surface area contributed by atoms with E-state index >= 15 is 0 Å². The molecule has 0 aromatic carbocycles. The molecule has 4 nitrogen and oxygen atoms in total. The van der Waals surface area contributed by atoms with Gasteiger partial charge in [0.2, 0.25) is 5.91 Å². The van der Waals surface area contributed by atoms with Gasteiger partial charge in [0.25, 0.3) is 0 Å². The van der Waals surface area contributed by atoms with Crippen molar-refractivity contribution in [3.8, 4) is 0 Å². The Labute approximate surface area is 116 Å². The molecule has 1 amide bonds. The van der Waals surface area contributed by atoms with Gasteiger partial charge >= 0.3 is 0 Å². The lowest BCUT2D eigenvalue weighted by Gasteiger charge is -2.45. The molecule has 0 aromatic heterocycles. The van der Waals surface area contributed by atoms with E-state index in [2.05, 4.69) is 13.8 Å². The zero-order valence-corrected chi connectivity index (χ0v) is 12.5. The molecule has 0 aromatic rings. The van der Waals surface area contributed by atoms with E-state index < -0.39 is 0 Å². The van der Waals surface area contributed by atoms with Crippen LogP contribution in [0.25, 0.3) is 0 Å². The van der Waals surface area contributed by atoms with Crippen molar-refractivity contribution in [2.24, 2.45) is 17.1 Å². The topological polar surface area (TPSA) is 55.6 Å². The molecule has 2 aliphatic rings. The zero-order valence-electron chi connectivity index (χ0n) is 12.5. The van der Waals surface area contributed by atoms with Gasteiger partial charge < -0.3 is 15.4 Å². The van der Waals surface area contributed by atoms with Gasteiger partial charge in [0, 0.05) is 13.1 Å². The standard InChI is InChI=1S/C15H28N2O2/c1-11-4-6-15(10-16,7-5-11)14(18)17-8-13(3)19-9-12(17)2/h11-13H,4-10,16H2,1-3H3. The van der Waals surface area contributed by atoms with Crippen LogP contribution in [-0.2, 0) is 9.53 Å². The molecule has 2 fully saturated rings. The lowest BCUT2D eigenvalue weighted by molar-refractivity contribution is -0.156. The van der Waals surface area contributed by atoms with Gasteiger partial charge in [-0.15, -0.1) is 0 Å². The second kappa shape index (κ2) is 5.80. The Morgan fingerprint density at radius 3 is 2.53 bits per heavy atom. The van der Waals surface area contributed by atoms with Gasteiger partial charge in [0.1, 0.15) is 0 Å². The maximum Gasteiger partial charge on any atom is 0.230 e. The monoisotopic (exact) mass is 268 g/mol. The van der Waals surface area contributed by atoms with Crippen molar-refractivity contribution in [1.29, 1.82) is 0 Å². The van der Waals surface area contributed by atoms with Crippen LogP contribution in [0.5, 0.6) is 0 Å². The minimum Gasteiger partial charge on any atom is -0.375 e. The van der Waals surface area contributed by atoms with Gasteiger partial charge in [-0.25, -0.2) is 0 Å². The van der Waals surface area contributed by atoms with E-state index in [9.17, 15) is 4.79 Å². The summed E-state index contributed by atoms with van der Waals surface area (Å²) in [5, 5.41) is 0. The predicted octanol–water partition coefficient (Wildman–Crippen LogP) is 1.78. The molecular formula is C15H28N2O2. The van der Waals surface area contributed by atoms with Crippen molar-refractivity contribution in [3.05, 3.63) is 0 Å². The van der Waals surface area contributed by atoms with E-state index in [1.165, 1.54) is 0 Å². The molecule has 2 unspecified atom stereocenters. The molecule has 0 spiro atoms. The number of amides is 1. The van der Waals surface area contributed by atoms with E-state index in [0.29, 0.717) is 19.7 Å². The van der Waals surface area contributed by atoms with E-state index in [1.54, 1.807) is 0 Å². The van der Waals surface area contributed by atoms with Crippen LogP contribution in [-0.4, -0.2) is 42.6 Å². The molecule has 19 heavy (non-hydrogen) atoms. The Morgan fingerprint density at radius 1 is 1.32 bits per heavy atom. The molecule has 2 rings (SSSR count). The van der Waals surface area contributed by atoms with Gasteiger partial charge in [-0.3, -0.25) is 4.79 Å². The minimum absolute atomic E-state index is 0.137. The highest BCUT2D eigenvalue weighted by Crippen LogP contribution is 2.40. The minimum atomic E-state index is -0.308. The Hall–Kier alpha value is -0.610. The average molecular weight is 268 g/mol. The molecule has 0 radical (unpaired) electrons. The second-order valence-corrected chi connectivity index (χ2v) is 6.62. The first-order valence-electron chi connectivity index (χ1n) is 7.61. The SMILES string of the molecule is CC1CCC(CN)(C(=O)N2CC(C)OCC2C)CC1. The van der Waals surface area contributed by atoms with Crippen LogP contribution in [0.3, 0.4) is 0 Å². The third-order valence-electron chi connectivity index (χ3n) is 4.94. The fourth-order valence-corrected chi connectivity index (χ4v) is 3.31. The maximum atomic E-state index is 13.0. The van der Waals surface area contributed by atoms with Crippen molar-refractivity contribution in [2.45, 2.75) is 58.6 Å². The van der Waals surface area contributed by atoms with Crippen molar-refractivity contribution in [2.75, 3.05) is 19.7 Å². The Morgan fingerprint density at radius 2 is 1.95 bits per heavy atom. The van der Waals surface area contributed by atoms with Crippen molar-refractivity contribution in [1.82, 2.24) is 4.90 Å². The third-order valence-corrected chi connectivity index (χ3v) is 4.94. The Bertz CT molecular complexity index is 324. The first-order valence-corrected chi connectivity index (χ1v) is 7.61. The Balaban J connectivity index is 2.11. The predicted molar refractivity (Wildman–Crippen MR) is 75.7 cm³/mol. The van der Waals surface area contributed by atoms with Crippen molar-refractivity contribution in [3.63, 3.8) is 0 Å². The van der Waals surface area contributed by atoms with E-state index in [4.69, 9.17) is 10.5 Å². The third kappa shape index (κ3) is 2.95. The van der Waals surface area contributed by atoms with Crippen LogP contribution < -0.4 is 5.73 Å². The summed E-state index contributed by atoms with van der Waals surface area (Å²) < 4.78 is 5.62. The lowest BCUT2D eigenvalue weighted by atomic mass is 9.69. The summed E-state index contributed by atoms with van der Waals surface area (Å²) in [5.74, 6) is 0.998. The quantitative estimate of drug-likeness (QED) is 0.830. The first-order chi connectivity index (χ1) is 8.98. The molecule has 1 aliphatic heterocycles. The molecule has 2 N–H and O–H groups in total. The number of nitrogens with zero attached hydrogens (tertiary/aromatic N) is 1. The lowest BCUT2D eigenvalue weighted by Crippen LogP contribution is -2.57. The molecule has 1 aliphatic carbocycles. The van der Waals surface area contributed by atoms with Gasteiger partial charge in [-0.2, -0.15) is 0 Å². The van der Waals surface area contributed by atoms with Crippen LogP contribution in [0, 0.1) is 11.3 Å². The number of ether oxygens (including phenoxy) is 1. The second-order valence-electron chi connectivity index (χ2n) is 6.62. The van der Waals surface area contributed by atoms with Crippen molar-refractivity contribution >= 4 is 5.91 Å². The van der Waals surface area contributed by atoms with Crippen LogP contribution in [0.4, 0.5) is 0 Å². The molecule has 1 saturated heterocycles. The highest BCUT2D eigenvalue weighted by Gasteiger charge is 2.44. The normalized spacial score (nSPS) is 40.2. The average Bonchev–Trinajstić information content (AvgIpc) is 2.42. The van der Waals surface area contributed by atoms with E-state index in [0.717, 1.165) is 31.6 Å². The Kier molecular flexibility index (Phi) is 4.51. The molecule has 0 bridgehead atoms. The molecule has 1 heterocycles. The number of nitrogens with two attached hydrogens (primary N) is 1. The summed E-state index contributed by atoms with van der Waals surface area (Å²) in [7, 11) is 0. The molecule has 110 valence electrons. The van der Waals surface area contributed by atoms with E-state index in [-0.39, 0.29) is 23.5 Å². The summed E-state index contributed by atoms with van der Waals surface area (Å²) in [6, 6.07) is 0.173. The van der Waals surface area contributed by atoms with E-state index in [1.807, 2.05) is 11.8 Å². The fraction of sp³-hybridized carbons (Fsp3) is 0.933. The molecule has 4 heteroatoms. The number of rotatable bonds is 2. The van der Waals surface area contributed by atoms with Crippen molar-refractivity contribution < 1.29 is 9.53 Å². The van der Waals surface area contributed by atoms with Crippen LogP contribution in [0.2, 0.25) is 0 Å². The summed E-state index contributed by atoms with van der Waals surface area (Å²) in [6.07, 6.45) is 4.27. The van der Waals surface area contributed by atoms with Gasteiger partial charge in [-0.05, 0) is 45.4 Å². The number of morpholine rings is 1. The molecular weight excluding hydrogens is 240 g/mol. The summed E-state index contributed by atoms with van der Waals surface area (Å²) in [6.45, 7) is 8.20. The largest absolute Gasteiger partial charge is 0.375 e. The summed E-state index contributed by atoms with van der Waals surface area (Å²) in [4.78, 5) is 15.0.